The lowest BCUT2D eigenvalue weighted by molar-refractivity contribution is -0.128. The molecule has 1 aliphatic heterocycles. The maximum atomic E-state index is 16.1. The van der Waals surface area contributed by atoms with E-state index in [4.69, 9.17) is 11.6 Å². The fourth-order valence-corrected chi connectivity index (χ4v) is 5.44. The van der Waals surface area contributed by atoms with Gasteiger partial charge in [0.2, 0.25) is 5.91 Å². The van der Waals surface area contributed by atoms with Crippen LogP contribution in [0, 0.1) is 5.82 Å². The van der Waals surface area contributed by atoms with E-state index in [1.165, 1.54) is 18.5 Å². The Bertz CT molecular complexity index is 1530. The highest BCUT2D eigenvalue weighted by atomic mass is 35.5. The summed E-state index contributed by atoms with van der Waals surface area (Å²) in [6.07, 6.45) is 2.68. The van der Waals surface area contributed by atoms with Gasteiger partial charge in [-0.3, -0.25) is 4.79 Å². The molecule has 0 bridgehead atoms. The molecule has 2 heterocycles. The lowest BCUT2D eigenvalue weighted by Gasteiger charge is -2.42. The number of rotatable bonds is 5. The van der Waals surface area contributed by atoms with Gasteiger partial charge in [-0.05, 0) is 54.7 Å². The number of anilines is 1. The van der Waals surface area contributed by atoms with Crippen LogP contribution in [0.2, 0.25) is 5.02 Å². The number of carbonyl (C=O) groups excluding carboxylic acids is 1. The van der Waals surface area contributed by atoms with Crippen LogP contribution in [0.25, 0.3) is 32.8 Å². The number of likely N-dealkylation sites (N-methyl/N-ethyl adjacent to an activating group) is 1. The minimum absolute atomic E-state index is 0.0199. The fraction of sp³-hybridized carbons (Fsp3) is 0.250. The number of carbonyl (C=O) groups is 1. The largest absolute Gasteiger partial charge is 0.508 e. The highest BCUT2D eigenvalue weighted by molar-refractivity contribution is 6.35. The van der Waals surface area contributed by atoms with Crippen molar-refractivity contribution in [2.75, 3.05) is 45.2 Å². The van der Waals surface area contributed by atoms with E-state index in [2.05, 4.69) is 16.5 Å². The molecule has 4 aromatic rings. The molecule has 1 unspecified atom stereocenters. The van der Waals surface area contributed by atoms with Gasteiger partial charge in [0.05, 0.1) is 11.1 Å². The Morgan fingerprint density at radius 3 is 2.76 bits per heavy atom. The monoisotopic (exact) mass is 519 g/mol. The first-order valence-corrected chi connectivity index (χ1v) is 12.3. The number of piperazine rings is 1. The van der Waals surface area contributed by atoms with Crippen molar-refractivity contribution in [2.45, 2.75) is 6.04 Å². The Labute approximate surface area is 219 Å². The molecule has 0 spiro atoms. The van der Waals surface area contributed by atoms with E-state index < -0.39 is 5.82 Å². The zero-order valence-corrected chi connectivity index (χ0v) is 21.4. The minimum atomic E-state index is -0.577. The minimum Gasteiger partial charge on any atom is -0.508 e. The molecule has 0 saturated carbocycles. The third-order valence-electron chi connectivity index (χ3n) is 6.73. The number of nitrogens with zero attached hydrogens (tertiary/aromatic N) is 5. The summed E-state index contributed by atoms with van der Waals surface area (Å²) in [4.78, 5) is 27.1. The average molecular weight is 520 g/mol. The summed E-state index contributed by atoms with van der Waals surface area (Å²) in [5.74, 6) is -0.109. The van der Waals surface area contributed by atoms with Crippen LogP contribution in [0.1, 0.15) is 0 Å². The van der Waals surface area contributed by atoms with Gasteiger partial charge in [0.15, 0.2) is 5.82 Å². The normalized spacial score (nSPS) is 16.1. The number of hydrogen-bond donors (Lipinski definition) is 1. The highest BCUT2D eigenvalue weighted by Crippen LogP contribution is 2.41. The van der Waals surface area contributed by atoms with Crippen LogP contribution < -0.4 is 4.90 Å². The molecule has 0 radical (unpaired) electrons. The zero-order chi connectivity index (χ0) is 26.3. The van der Waals surface area contributed by atoms with Crippen LogP contribution in [0.3, 0.4) is 0 Å². The molecule has 5 rings (SSSR count). The molecule has 1 aromatic heterocycles. The second kappa shape index (κ2) is 9.95. The van der Waals surface area contributed by atoms with Crippen LogP contribution in [0.15, 0.2) is 61.4 Å². The van der Waals surface area contributed by atoms with Crippen molar-refractivity contribution in [2.24, 2.45) is 0 Å². The number of phenolic OH excluding ortho intramolecular Hbond substituents is 1. The van der Waals surface area contributed by atoms with Crippen molar-refractivity contribution >= 4 is 45.0 Å². The summed E-state index contributed by atoms with van der Waals surface area (Å²) in [6, 6.07) is 12.2. The number of halogens is 2. The van der Waals surface area contributed by atoms with Gasteiger partial charge in [-0.25, -0.2) is 14.4 Å². The second-order valence-electron chi connectivity index (χ2n) is 9.45. The molecule has 1 atom stereocenters. The molecule has 1 fully saturated rings. The van der Waals surface area contributed by atoms with Crippen molar-refractivity contribution in [1.82, 2.24) is 19.8 Å². The molecule has 190 valence electrons. The molecule has 3 aromatic carbocycles. The Balaban J connectivity index is 1.61. The maximum absolute atomic E-state index is 16.1. The van der Waals surface area contributed by atoms with Crippen LogP contribution in [-0.2, 0) is 4.79 Å². The van der Waals surface area contributed by atoms with Crippen LogP contribution in [0.5, 0.6) is 5.75 Å². The van der Waals surface area contributed by atoms with E-state index in [1.54, 1.807) is 12.1 Å². The van der Waals surface area contributed by atoms with E-state index in [1.807, 2.05) is 53.1 Å². The molecule has 1 amide bonds. The van der Waals surface area contributed by atoms with Crippen molar-refractivity contribution in [3.05, 3.63) is 72.3 Å². The molecule has 1 N–H and O–H groups in total. The SMILES string of the molecule is C=CC(=O)N1CCN(c2ncnc3c(F)c(-c4cc(O)cc5ccccc45)c(Cl)cc23)CC1CN(C)C. The lowest BCUT2D eigenvalue weighted by Crippen LogP contribution is -2.58. The molecule has 1 saturated heterocycles. The molecule has 7 nitrogen and oxygen atoms in total. The number of phenols is 1. The van der Waals surface area contributed by atoms with E-state index in [9.17, 15) is 9.90 Å². The topological polar surface area (TPSA) is 72.8 Å². The van der Waals surface area contributed by atoms with E-state index in [-0.39, 0.29) is 33.8 Å². The number of hydrogen-bond acceptors (Lipinski definition) is 6. The van der Waals surface area contributed by atoms with Gasteiger partial charge >= 0.3 is 0 Å². The van der Waals surface area contributed by atoms with E-state index >= 15 is 4.39 Å². The third kappa shape index (κ3) is 4.58. The Hall–Kier alpha value is -3.75. The Morgan fingerprint density at radius 2 is 2.00 bits per heavy atom. The quantitative estimate of drug-likeness (QED) is 0.385. The fourth-order valence-electron chi connectivity index (χ4n) is 5.15. The van der Waals surface area contributed by atoms with Gasteiger partial charge in [-0.15, -0.1) is 0 Å². The van der Waals surface area contributed by atoms with Gasteiger partial charge < -0.3 is 19.8 Å². The lowest BCUT2D eigenvalue weighted by atomic mass is 9.96. The van der Waals surface area contributed by atoms with Gasteiger partial charge in [-0.1, -0.05) is 42.4 Å². The molecular formula is C28H27ClFN5O2. The van der Waals surface area contributed by atoms with Crippen molar-refractivity contribution < 1.29 is 14.3 Å². The summed E-state index contributed by atoms with van der Waals surface area (Å²) in [5.41, 5.74) is 0.811. The van der Waals surface area contributed by atoms with Crippen molar-refractivity contribution in [3.63, 3.8) is 0 Å². The van der Waals surface area contributed by atoms with E-state index in [0.717, 1.165) is 10.8 Å². The first-order valence-electron chi connectivity index (χ1n) is 12.0. The number of aromatic nitrogens is 2. The van der Waals surface area contributed by atoms with Crippen LogP contribution >= 0.6 is 11.6 Å². The summed E-state index contributed by atoms with van der Waals surface area (Å²) in [6.45, 7) is 5.81. The van der Waals surface area contributed by atoms with Gasteiger partial charge in [0, 0.05) is 37.1 Å². The van der Waals surface area contributed by atoms with E-state index in [0.29, 0.717) is 42.9 Å². The summed E-state index contributed by atoms with van der Waals surface area (Å²) >= 11 is 6.72. The van der Waals surface area contributed by atoms with Crippen LogP contribution in [0.4, 0.5) is 10.2 Å². The number of benzene rings is 3. The maximum Gasteiger partial charge on any atom is 0.246 e. The van der Waals surface area contributed by atoms with Crippen molar-refractivity contribution in [3.8, 4) is 16.9 Å². The number of amides is 1. The molecule has 37 heavy (non-hydrogen) atoms. The van der Waals surface area contributed by atoms with Crippen molar-refractivity contribution in [1.29, 1.82) is 0 Å². The predicted octanol–water partition coefficient (Wildman–Crippen LogP) is 4.71. The number of aromatic hydroxyl groups is 1. The van der Waals surface area contributed by atoms with Gasteiger partial charge in [-0.2, -0.15) is 0 Å². The highest BCUT2D eigenvalue weighted by Gasteiger charge is 2.31. The Morgan fingerprint density at radius 1 is 1.22 bits per heavy atom. The van der Waals surface area contributed by atoms with Crippen LogP contribution in [-0.4, -0.2) is 77.1 Å². The van der Waals surface area contributed by atoms with Gasteiger partial charge in [0.1, 0.15) is 23.4 Å². The standard InChI is InChI=1S/C28H27ClFN5O2/c1-4-24(37)35-10-9-34(15-18(35)14-33(2)3)28-22-13-23(29)25(26(30)27(22)31-16-32-28)21-12-19(36)11-17-7-5-6-8-20(17)21/h4-8,11-13,16,18,36H,1,9-10,14-15H2,2-3H3. The average Bonchev–Trinajstić information content (AvgIpc) is 2.87. The summed E-state index contributed by atoms with van der Waals surface area (Å²) in [7, 11) is 3.91. The number of fused-ring (bicyclic) bond motifs is 2. The molecular weight excluding hydrogens is 493 g/mol. The Kier molecular flexibility index (Phi) is 6.70. The molecule has 1 aliphatic rings. The summed E-state index contributed by atoms with van der Waals surface area (Å²) in [5, 5.41) is 12.5. The first kappa shape index (κ1) is 24.9. The smallest absolute Gasteiger partial charge is 0.246 e. The molecule has 9 heteroatoms. The molecule has 0 aliphatic carbocycles. The third-order valence-corrected chi connectivity index (χ3v) is 7.03. The van der Waals surface area contributed by atoms with Gasteiger partial charge in [0.25, 0.3) is 0 Å². The predicted molar refractivity (Wildman–Crippen MR) is 146 cm³/mol. The summed E-state index contributed by atoms with van der Waals surface area (Å²) < 4.78 is 16.1. The second-order valence-corrected chi connectivity index (χ2v) is 9.86. The zero-order valence-electron chi connectivity index (χ0n) is 20.7. The first-order chi connectivity index (χ1) is 17.8.